The number of para-hydroxylation sites is 1. The van der Waals surface area contributed by atoms with Crippen LogP contribution in [-0.4, -0.2) is 12.9 Å². The molecule has 1 aliphatic heterocycles. The number of nitrogens with zero attached hydrogens (tertiary/aromatic N) is 1. The summed E-state index contributed by atoms with van der Waals surface area (Å²) in [5, 5.41) is 10.2. The Labute approximate surface area is 202 Å². The van der Waals surface area contributed by atoms with Crippen molar-refractivity contribution in [2.75, 3.05) is 7.11 Å². The Balaban J connectivity index is 1.85. The molecule has 0 spiro atoms. The lowest BCUT2D eigenvalue weighted by atomic mass is 9.70. The Morgan fingerprint density at radius 2 is 2.00 bits per heavy atom. The molecule has 1 aliphatic carbocycles. The summed E-state index contributed by atoms with van der Waals surface area (Å²) < 4.78 is 31.7. The minimum atomic E-state index is -0.807. The fourth-order valence-electron chi connectivity index (χ4n) is 4.49. The van der Waals surface area contributed by atoms with Gasteiger partial charge in [-0.2, -0.15) is 5.26 Å². The molecule has 1 heterocycles. The predicted octanol–water partition coefficient (Wildman–Crippen LogP) is 5.52. The van der Waals surface area contributed by atoms with Crippen LogP contribution in [0, 0.1) is 22.6 Å². The number of nitriles is 1. The van der Waals surface area contributed by atoms with Gasteiger partial charge in [-0.15, -0.1) is 0 Å². The molecule has 2 aromatic carbocycles. The van der Waals surface area contributed by atoms with Crippen LogP contribution in [0.4, 0.5) is 4.39 Å². The van der Waals surface area contributed by atoms with Crippen molar-refractivity contribution in [3.05, 3.63) is 81.2 Å². The monoisotopic (exact) mass is 482 g/mol. The smallest absolute Gasteiger partial charge is 0.205 e. The third kappa shape index (κ3) is 4.22. The average Bonchev–Trinajstić information content (AvgIpc) is 2.77. The molecular weight excluding hydrogens is 459 g/mol. The second kappa shape index (κ2) is 9.03. The first-order valence-electron chi connectivity index (χ1n) is 10.7. The van der Waals surface area contributed by atoms with E-state index < -0.39 is 11.7 Å². The molecule has 2 aliphatic rings. The van der Waals surface area contributed by atoms with Gasteiger partial charge in [0.2, 0.25) is 5.88 Å². The molecule has 0 radical (unpaired) electrons. The standard InChI is InChI=1S/C26H24ClFN2O4/c1-26(2)10-19(31)23-21(11-26)34-25(30)15(12-29)22(23)14-6-4-9-20(32-3)24(14)33-13-16-17(27)7-5-8-18(16)28/h4-9,22H,10-11,13,30H2,1-3H3. The molecule has 1 unspecified atom stereocenters. The average molecular weight is 483 g/mol. The molecule has 4 rings (SSSR count). The number of nitrogens with two attached hydrogens (primary N) is 1. The number of carbonyl (C=O) groups excluding carboxylic acids is 1. The number of ketones is 1. The molecule has 1 atom stereocenters. The Morgan fingerprint density at radius 1 is 1.26 bits per heavy atom. The molecule has 8 heteroatoms. The quantitative estimate of drug-likeness (QED) is 0.603. The first kappa shape index (κ1) is 23.7. The number of allylic oxidation sites excluding steroid dienone is 3. The number of rotatable bonds is 5. The van der Waals surface area contributed by atoms with E-state index in [1.807, 2.05) is 13.8 Å². The topological polar surface area (TPSA) is 94.6 Å². The summed E-state index contributed by atoms with van der Waals surface area (Å²) in [7, 11) is 1.47. The van der Waals surface area contributed by atoms with Crippen LogP contribution in [-0.2, 0) is 16.1 Å². The minimum Gasteiger partial charge on any atom is -0.493 e. The normalized spacial score (nSPS) is 19.3. The lowest BCUT2D eigenvalue weighted by Gasteiger charge is -2.37. The molecule has 2 aromatic rings. The second-order valence-corrected chi connectivity index (χ2v) is 9.48. The van der Waals surface area contributed by atoms with Crippen molar-refractivity contribution >= 4 is 17.4 Å². The van der Waals surface area contributed by atoms with E-state index in [0.717, 1.165) is 0 Å². The van der Waals surface area contributed by atoms with Crippen molar-refractivity contribution < 1.29 is 23.4 Å². The van der Waals surface area contributed by atoms with Crippen LogP contribution < -0.4 is 15.2 Å². The maximum absolute atomic E-state index is 14.4. The van der Waals surface area contributed by atoms with Gasteiger partial charge >= 0.3 is 0 Å². The summed E-state index contributed by atoms with van der Waals surface area (Å²) in [5.74, 6) is -0.414. The van der Waals surface area contributed by atoms with Crippen molar-refractivity contribution in [3.63, 3.8) is 0 Å². The van der Waals surface area contributed by atoms with Crippen molar-refractivity contribution in [1.82, 2.24) is 0 Å². The molecular formula is C26H24ClFN2O4. The van der Waals surface area contributed by atoms with Gasteiger partial charge in [-0.05, 0) is 23.6 Å². The third-order valence-electron chi connectivity index (χ3n) is 6.04. The molecule has 2 N–H and O–H groups in total. The fraction of sp³-hybridized carbons (Fsp3) is 0.308. The van der Waals surface area contributed by atoms with Crippen LogP contribution in [0.3, 0.4) is 0 Å². The number of methoxy groups -OCH3 is 1. The number of hydrogen-bond donors (Lipinski definition) is 1. The van der Waals surface area contributed by atoms with E-state index in [-0.39, 0.29) is 45.6 Å². The summed E-state index contributed by atoms with van der Waals surface area (Å²) in [6.07, 6.45) is 0.796. The van der Waals surface area contributed by atoms with E-state index in [2.05, 4.69) is 6.07 Å². The van der Waals surface area contributed by atoms with Crippen LogP contribution >= 0.6 is 11.6 Å². The van der Waals surface area contributed by atoms with Gasteiger partial charge in [0.25, 0.3) is 0 Å². The largest absolute Gasteiger partial charge is 0.493 e. The van der Waals surface area contributed by atoms with Gasteiger partial charge in [0.1, 0.15) is 29.8 Å². The van der Waals surface area contributed by atoms with Crippen LogP contribution in [0.2, 0.25) is 5.02 Å². The summed E-state index contributed by atoms with van der Waals surface area (Å²) in [4.78, 5) is 13.3. The molecule has 0 amide bonds. The molecule has 0 saturated heterocycles. The van der Waals surface area contributed by atoms with Gasteiger partial charge in [-0.3, -0.25) is 4.79 Å². The highest BCUT2D eigenvalue weighted by Gasteiger charge is 2.44. The van der Waals surface area contributed by atoms with Gasteiger partial charge in [0, 0.05) is 29.5 Å². The Hall–Kier alpha value is -3.50. The molecule has 176 valence electrons. The Bertz CT molecular complexity index is 1260. The fourth-order valence-corrected chi connectivity index (χ4v) is 4.70. The number of benzene rings is 2. The van der Waals surface area contributed by atoms with E-state index in [9.17, 15) is 14.4 Å². The second-order valence-electron chi connectivity index (χ2n) is 9.07. The number of Topliss-reactive ketones (excluding diaryl/α,β-unsaturated/α-hetero) is 1. The SMILES string of the molecule is COc1cccc(C2C(C#N)=C(N)OC3=C2C(=O)CC(C)(C)C3)c1OCc1c(F)cccc1Cl. The number of ether oxygens (including phenoxy) is 3. The lowest BCUT2D eigenvalue weighted by molar-refractivity contribution is -0.119. The van der Waals surface area contributed by atoms with Crippen molar-refractivity contribution in [2.24, 2.45) is 11.1 Å². The van der Waals surface area contributed by atoms with E-state index in [1.165, 1.54) is 19.2 Å². The maximum Gasteiger partial charge on any atom is 0.205 e. The van der Waals surface area contributed by atoms with E-state index >= 15 is 0 Å². The maximum atomic E-state index is 14.4. The third-order valence-corrected chi connectivity index (χ3v) is 6.39. The van der Waals surface area contributed by atoms with Gasteiger partial charge < -0.3 is 19.9 Å². The van der Waals surface area contributed by atoms with Crippen LogP contribution in [0.25, 0.3) is 0 Å². The van der Waals surface area contributed by atoms with E-state index in [0.29, 0.717) is 35.5 Å². The molecule has 0 saturated carbocycles. The van der Waals surface area contributed by atoms with Crippen LogP contribution in [0.5, 0.6) is 11.5 Å². The highest BCUT2D eigenvalue weighted by molar-refractivity contribution is 6.31. The summed E-state index contributed by atoms with van der Waals surface area (Å²) in [6, 6.07) is 11.6. The number of halogens is 2. The molecule has 6 nitrogen and oxygen atoms in total. The summed E-state index contributed by atoms with van der Waals surface area (Å²) in [6.45, 7) is 3.77. The predicted molar refractivity (Wildman–Crippen MR) is 124 cm³/mol. The molecule has 0 aromatic heterocycles. The minimum absolute atomic E-state index is 0.0531. The first-order chi connectivity index (χ1) is 16.2. The Morgan fingerprint density at radius 3 is 2.68 bits per heavy atom. The zero-order chi connectivity index (χ0) is 24.6. The van der Waals surface area contributed by atoms with Gasteiger partial charge in [0.05, 0.1) is 18.1 Å². The van der Waals surface area contributed by atoms with Gasteiger partial charge in [-0.1, -0.05) is 43.6 Å². The highest BCUT2D eigenvalue weighted by Crippen LogP contribution is 2.51. The molecule has 0 fully saturated rings. The Kier molecular flexibility index (Phi) is 6.28. The zero-order valence-electron chi connectivity index (χ0n) is 19.1. The van der Waals surface area contributed by atoms with Gasteiger partial charge in [0.15, 0.2) is 17.3 Å². The van der Waals surface area contributed by atoms with E-state index in [4.69, 9.17) is 31.5 Å². The number of hydrogen-bond acceptors (Lipinski definition) is 6. The van der Waals surface area contributed by atoms with Crippen LogP contribution in [0.15, 0.2) is 59.2 Å². The summed E-state index contributed by atoms with van der Waals surface area (Å²) in [5.41, 5.74) is 6.99. The van der Waals surface area contributed by atoms with Crippen molar-refractivity contribution in [3.8, 4) is 17.6 Å². The first-order valence-corrected chi connectivity index (χ1v) is 11.1. The molecule has 34 heavy (non-hydrogen) atoms. The summed E-state index contributed by atoms with van der Waals surface area (Å²) >= 11 is 6.17. The van der Waals surface area contributed by atoms with Crippen LogP contribution in [0.1, 0.15) is 43.7 Å². The van der Waals surface area contributed by atoms with Gasteiger partial charge in [-0.25, -0.2) is 4.39 Å². The lowest BCUT2D eigenvalue weighted by Crippen LogP contribution is -2.33. The van der Waals surface area contributed by atoms with Crippen molar-refractivity contribution in [1.29, 1.82) is 5.26 Å². The number of carbonyl (C=O) groups is 1. The highest BCUT2D eigenvalue weighted by atomic mass is 35.5. The zero-order valence-corrected chi connectivity index (χ0v) is 19.8. The molecule has 0 bridgehead atoms. The van der Waals surface area contributed by atoms with Crippen molar-refractivity contribution in [2.45, 2.75) is 39.2 Å². The van der Waals surface area contributed by atoms with E-state index in [1.54, 1.807) is 24.3 Å².